The molecule has 0 spiro atoms. The molecule has 1 N–H and O–H groups in total. The van der Waals surface area contributed by atoms with Crippen LogP contribution in [0.4, 0.5) is 4.39 Å². The summed E-state index contributed by atoms with van der Waals surface area (Å²) < 4.78 is 12.9. The van der Waals surface area contributed by atoms with Gasteiger partial charge < -0.3 is 5.11 Å². The number of hydrogen-bond acceptors (Lipinski definition) is 1. The molecule has 78 valence electrons. The van der Waals surface area contributed by atoms with Gasteiger partial charge in [-0.1, -0.05) is 26.0 Å². The number of aliphatic hydroxyl groups excluding tert-OH is 1. The van der Waals surface area contributed by atoms with Gasteiger partial charge in [-0.3, -0.25) is 0 Å². The summed E-state index contributed by atoms with van der Waals surface area (Å²) in [6, 6.07) is 4.77. The van der Waals surface area contributed by atoms with Crippen LogP contribution in [0.1, 0.15) is 37.5 Å². The Balaban J connectivity index is 2.80. The number of rotatable bonds is 3. The summed E-state index contributed by atoms with van der Waals surface area (Å²) in [6.45, 7) is 5.82. The molecule has 1 unspecified atom stereocenters. The summed E-state index contributed by atoms with van der Waals surface area (Å²) in [5, 5.41) is 9.78. The van der Waals surface area contributed by atoms with Gasteiger partial charge in [-0.15, -0.1) is 0 Å². The smallest absolute Gasteiger partial charge is 0.126 e. The normalized spacial score (nSPS) is 13.3. The summed E-state index contributed by atoms with van der Waals surface area (Å²) in [7, 11) is 0. The molecule has 1 nitrogen and oxygen atoms in total. The third-order valence-electron chi connectivity index (χ3n) is 2.26. The fourth-order valence-electron chi connectivity index (χ4n) is 1.46. The largest absolute Gasteiger partial charge is 0.388 e. The van der Waals surface area contributed by atoms with Gasteiger partial charge in [0.15, 0.2) is 0 Å². The first-order chi connectivity index (χ1) is 6.50. The second-order valence-corrected chi connectivity index (χ2v) is 4.15. The first-order valence-electron chi connectivity index (χ1n) is 4.95. The molecular formula is C12H17FO. The molecule has 0 aliphatic carbocycles. The van der Waals surface area contributed by atoms with Crippen molar-refractivity contribution in [3.63, 3.8) is 0 Å². The van der Waals surface area contributed by atoms with E-state index in [0.29, 0.717) is 17.9 Å². The van der Waals surface area contributed by atoms with Crippen molar-refractivity contribution in [3.05, 3.63) is 35.1 Å². The zero-order chi connectivity index (χ0) is 10.7. The Morgan fingerprint density at radius 1 is 1.36 bits per heavy atom. The van der Waals surface area contributed by atoms with Crippen LogP contribution in [-0.2, 0) is 0 Å². The number of halogens is 1. The van der Waals surface area contributed by atoms with Gasteiger partial charge in [-0.05, 0) is 36.5 Å². The average Bonchev–Trinajstić information content (AvgIpc) is 2.08. The van der Waals surface area contributed by atoms with E-state index in [-0.39, 0.29) is 5.82 Å². The van der Waals surface area contributed by atoms with E-state index in [1.165, 1.54) is 6.07 Å². The van der Waals surface area contributed by atoms with E-state index >= 15 is 0 Å². The van der Waals surface area contributed by atoms with Crippen molar-refractivity contribution in [3.8, 4) is 0 Å². The van der Waals surface area contributed by atoms with Crippen LogP contribution in [0.3, 0.4) is 0 Å². The van der Waals surface area contributed by atoms with Crippen molar-refractivity contribution < 1.29 is 9.50 Å². The van der Waals surface area contributed by atoms with Crippen molar-refractivity contribution in [2.75, 3.05) is 0 Å². The second-order valence-electron chi connectivity index (χ2n) is 4.15. The lowest BCUT2D eigenvalue weighted by Crippen LogP contribution is -2.02. The van der Waals surface area contributed by atoms with Gasteiger partial charge in [0.1, 0.15) is 5.82 Å². The molecule has 2 heteroatoms. The highest BCUT2D eigenvalue weighted by molar-refractivity contribution is 5.25. The van der Waals surface area contributed by atoms with Gasteiger partial charge in [-0.2, -0.15) is 0 Å². The maximum atomic E-state index is 12.9. The van der Waals surface area contributed by atoms with E-state index < -0.39 is 6.10 Å². The lowest BCUT2D eigenvalue weighted by Gasteiger charge is -2.13. The van der Waals surface area contributed by atoms with Crippen molar-refractivity contribution in [2.24, 2.45) is 5.92 Å². The Hall–Kier alpha value is -0.890. The molecule has 14 heavy (non-hydrogen) atoms. The molecule has 1 rings (SSSR count). The van der Waals surface area contributed by atoms with Crippen LogP contribution < -0.4 is 0 Å². The molecule has 0 saturated heterocycles. The summed E-state index contributed by atoms with van der Waals surface area (Å²) in [4.78, 5) is 0. The quantitative estimate of drug-likeness (QED) is 0.787. The third kappa shape index (κ3) is 2.81. The maximum absolute atomic E-state index is 12.9. The minimum absolute atomic E-state index is 0.217. The molecule has 0 aromatic heterocycles. The highest BCUT2D eigenvalue weighted by Crippen LogP contribution is 2.22. The second kappa shape index (κ2) is 4.56. The van der Waals surface area contributed by atoms with Crippen LogP contribution in [0.5, 0.6) is 0 Å². The van der Waals surface area contributed by atoms with Crippen LogP contribution in [0.2, 0.25) is 0 Å². The topological polar surface area (TPSA) is 20.2 Å². The van der Waals surface area contributed by atoms with Crippen LogP contribution in [0.25, 0.3) is 0 Å². The lowest BCUT2D eigenvalue weighted by molar-refractivity contribution is 0.151. The van der Waals surface area contributed by atoms with Crippen molar-refractivity contribution >= 4 is 0 Å². The minimum Gasteiger partial charge on any atom is -0.388 e. The lowest BCUT2D eigenvalue weighted by atomic mass is 9.98. The Kier molecular flexibility index (Phi) is 3.64. The molecule has 0 saturated carbocycles. The SMILES string of the molecule is Cc1cc(C(O)CC(C)C)ccc1F. The Morgan fingerprint density at radius 3 is 2.50 bits per heavy atom. The van der Waals surface area contributed by atoms with Gasteiger partial charge in [0.2, 0.25) is 0 Å². The summed E-state index contributed by atoms with van der Waals surface area (Å²) in [5.41, 5.74) is 1.39. The number of aryl methyl sites for hydroxylation is 1. The van der Waals surface area contributed by atoms with Crippen molar-refractivity contribution in [1.82, 2.24) is 0 Å². The summed E-state index contributed by atoms with van der Waals surface area (Å²) in [5.74, 6) is 0.223. The highest BCUT2D eigenvalue weighted by Gasteiger charge is 2.10. The Labute approximate surface area is 84.6 Å². The van der Waals surface area contributed by atoms with E-state index in [1.54, 1.807) is 19.1 Å². The molecule has 1 aromatic rings. The first kappa shape index (κ1) is 11.2. The molecule has 0 heterocycles. The monoisotopic (exact) mass is 196 g/mol. The van der Waals surface area contributed by atoms with Crippen LogP contribution >= 0.6 is 0 Å². The summed E-state index contributed by atoms with van der Waals surface area (Å²) >= 11 is 0. The maximum Gasteiger partial charge on any atom is 0.126 e. The minimum atomic E-state index is -0.478. The van der Waals surface area contributed by atoms with Gasteiger partial charge in [-0.25, -0.2) is 4.39 Å². The van der Waals surface area contributed by atoms with Crippen LogP contribution in [0.15, 0.2) is 18.2 Å². The fourth-order valence-corrected chi connectivity index (χ4v) is 1.46. The van der Waals surface area contributed by atoms with Crippen molar-refractivity contribution in [1.29, 1.82) is 0 Å². The molecule has 0 aliphatic rings. The molecule has 1 aromatic carbocycles. The fraction of sp³-hybridized carbons (Fsp3) is 0.500. The van der Waals surface area contributed by atoms with E-state index in [4.69, 9.17) is 0 Å². The zero-order valence-electron chi connectivity index (χ0n) is 8.92. The zero-order valence-corrected chi connectivity index (χ0v) is 8.92. The van der Waals surface area contributed by atoms with Gasteiger partial charge in [0.25, 0.3) is 0 Å². The predicted molar refractivity (Wildman–Crippen MR) is 55.6 cm³/mol. The van der Waals surface area contributed by atoms with Gasteiger partial charge in [0.05, 0.1) is 6.10 Å². The first-order valence-corrected chi connectivity index (χ1v) is 4.95. The van der Waals surface area contributed by atoms with E-state index in [9.17, 15) is 9.50 Å². The van der Waals surface area contributed by atoms with E-state index in [1.807, 2.05) is 0 Å². The Morgan fingerprint density at radius 2 is 2.00 bits per heavy atom. The number of benzene rings is 1. The molecular weight excluding hydrogens is 179 g/mol. The molecule has 0 radical (unpaired) electrons. The molecule has 0 aliphatic heterocycles. The molecule has 0 bridgehead atoms. The number of hydrogen-bond donors (Lipinski definition) is 1. The summed E-state index contributed by atoms with van der Waals surface area (Å²) in [6.07, 6.45) is 0.236. The number of aliphatic hydroxyl groups is 1. The third-order valence-corrected chi connectivity index (χ3v) is 2.26. The predicted octanol–water partition coefficient (Wildman–Crippen LogP) is 3.21. The van der Waals surface area contributed by atoms with Gasteiger partial charge in [0, 0.05) is 0 Å². The van der Waals surface area contributed by atoms with Crippen LogP contribution in [-0.4, -0.2) is 5.11 Å². The average molecular weight is 196 g/mol. The molecule has 1 atom stereocenters. The van der Waals surface area contributed by atoms with E-state index in [2.05, 4.69) is 13.8 Å². The Bertz CT molecular complexity index is 307. The molecule has 0 amide bonds. The van der Waals surface area contributed by atoms with Crippen molar-refractivity contribution in [2.45, 2.75) is 33.3 Å². The standard InChI is InChI=1S/C12H17FO/c1-8(2)6-12(14)10-4-5-11(13)9(3)7-10/h4-5,7-8,12,14H,6H2,1-3H3. The molecule has 0 fully saturated rings. The van der Waals surface area contributed by atoms with Gasteiger partial charge >= 0.3 is 0 Å². The van der Waals surface area contributed by atoms with Crippen LogP contribution in [0, 0.1) is 18.7 Å². The highest BCUT2D eigenvalue weighted by atomic mass is 19.1. The van der Waals surface area contributed by atoms with E-state index in [0.717, 1.165) is 5.56 Å².